The van der Waals surface area contributed by atoms with Crippen LogP contribution in [0.15, 0.2) is 127 Å². The minimum Gasteiger partial charge on any atom is -0.376 e. The molecule has 0 spiro atoms. The van der Waals surface area contributed by atoms with Crippen LogP contribution >= 0.6 is 0 Å². The standard InChI is InChI=1S/C49H47BN2/c1-32-27-40-39-29-36(34-17-11-8-12-18-34)21-24-43(39)52(38-22-19-35(20-23-38)33-15-9-7-10-16-33)50-42-31-37(47(2,3)4)30-41-46(42)51(44(28-32)45(40)50)49(6)26-14-13-25-48(41,49)5/h7-12,15-24,27-31H,13-14,25-26H2,1-6H3. The molecule has 1 fully saturated rings. The van der Waals surface area contributed by atoms with Gasteiger partial charge in [0.25, 0.3) is 0 Å². The van der Waals surface area contributed by atoms with Crippen molar-refractivity contribution in [1.82, 2.24) is 0 Å². The minimum absolute atomic E-state index is 0.000297. The Morgan fingerprint density at radius 1 is 0.615 bits per heavy atom. The zero-order valence-corrected chi connectivity index (χ0v) is 31.4. The third-order valence-corrected chi connectivity index (χ3v) is 13.4. The molecular weight excluding hydrogens is 627 g/mol. The summed E-state index contributed by atoms with van der Waals surface area (Å²) in [6, 6.07) is 48.4. The number of benzene rings is 6. The molecule has 0 bridgehead atoms. The van der Waals surface area contributed by atoms with E-state index in [0.29, 0.717) is 0 Å². The van der Waals surface area contributed by atoms with Gasteiger partial charge in [0.05, 0.1) is 5.54 Å². The summed E-state index contributed by atoms with van der Waals surface area (Å²) < 4.78 is 0. The van der Waals surface area contributed by atoms with Crippen molar-refractivity contribution in [3.8, 4) is 33.4 Å². The Balaban J connectivity index is 1.29. The lowest BCUT2D eigenvalue weighted by atomic mass is 9.43. The maximum atomic E-state index is 2.86. The van der Waals surface area contributed by atoms with Crippen LogP contribution in [0.3, 0.4) is 0 Å². The number of rotatable bonds is 3. The van der Waals surface area contributed by atoms with E-state index >= 15 is 0 Å². The van der Waals surface area contributed by atoms with E-state index in [4.69, 9.17) is 0 Å². The third-order valence-electron chi connectivity index (χ3n) is 13.4. The number of fused-ring (bicyclic) bond motifs is 7. The number of nitrogens with zero attached hydrogens (tertiary/aromatic N) is 2. The summed E-state index contributed by atoms with van der Waals surface area (Å²) in [6.45, 7) is 14.7. The maximum absolute atomic E-state index is 2.86. The normalized spacial score (nSPS) is 21.0. The smallest absolute Gasteiger partial charge is 0.333 e. The van der Waals surface area contributed by atoms with Crippen LogP contribution in [0.25, 0.3) is 33.4 Å². The van der Waals surface area contributed by atoms with Gasteiger partial charge in [-0.1, -0.05) is 138 Å². The van der Waals surface area contributed by atoms with E-state index in [2.05, 4.69) is 179 Å². The molecule has 2 unspecified atom stereocenters. The summed E-state index contributed by atoms with van der Waals surface area (Å²) in [6.07, 6.45) is 5.00. The van der Waals surface area contributed by atoms with Gasteiger partial charge in [-0.05, 0) is 118 Å². The molecule has 2 atom stereocenters. The molecule has 4 aliphatic rings. The van der Waals surface area contributed by atoms with Crippen molar-refractivity contribution in [2.75, 3.05) is 9.71 Å². The Kier molecular flexibility index (Phi) is 6.70. The second-order valence-corrected chi connectivity index (χ2v) is 17.4. The van der Waals surface area contributed by atoms with Gasteiger partial charge < -0.3 is 9.71 Å². The van der Waals surface area contributed by atoms with Gasteiger partial charge >= 0.3 is 6.85 Å². The van der Waals surface area contributed by atoms with Crippen LogP contribution in [0.1, 0.15) is 77.0 Å². The van der Waals surface area contributed by atoms with Crippen molar-refractivity contribution >= 4 is 40.5 Å². The molecular formula is C49H47BN2. The fraction of sp³-hybridized carbons (Fsp3) is 0.265. The molecule has 6 aromatic rings. The first-order valence-electron chi connectivity index (χ1n) is 19.4. The van der Waals surface area contributed by atoms with E-state index in [1.54, 1.807) is 5.56 Å². The third kappa shape index (κ3) is 4.32. The van der Waals surface area contributed by atoms with Crippen molar-refractivity contribution in [2.24, 2.45) is 0 Å². The van der Waals surface area contributed by atoms with Gasteiger partial charge in [0.15, 0.2) is 0 Å². The van der Waals surface area contributed by atoms with Crippen LogP contribution < -0.4 is 20.6 Å². The molecule has 3 heteroatoms. The first-order chi connectivity index (χ1) is 25.1. The Hall–Kier alpha value is -5.02. The SMILES string of the molecule is Cc1cc2c3c(c1)N1c4c(cc(C(C)(C)C)cc4C4(C)CCCCC14C)B3N(c1ccc(-c3ccccc3)cc1)c1ccc(-c3ccccc3)cc1-2. The van der Waals surface area contributed by atoms with Gasteiger partial charge in [-0.2, -0.15) is 0 Å². The van der Waals surface area contributed by atoms with E-state index in [1.807, 2.05) is 0 Å². The molecule has 0 radical (unpaired) electrons. The molecule has 256 valence electrons. The van der Waals surface area contributed by atoms with Crippen molar-refractivity contribution in [2.45, 2.75) is 83.6 Å². The van der Waals surface area contributed by atoms with Crippen LogP contribution in [-0.4, -0.2) is 12.4 Å². The summed E-state index contributed by atoms with van der Waals surface area (Å²) in [4.78, 5) is 5.54. The predicted octanol–water partition coefficient (Wildman–Crippen LogP) is 11.6. The highest BCUT2D eigenvalue weighted by Crippen LogP contribution is 2.62. The topological polar surface area (TPSA) is 6.48 Å². The lowest BCUT2D eigenvalue weighted by molar-refractivity contribution is 0.195. The second kappa shape index (κ2) is 11.0. The second-order valence-electron chi connectivity index (χ2n) is 17.4. The fourth-order valence-electron chi connectivity index (χ4n) is 10.4. The first-order valence-corrected chi connectivity index (χ1v) is 19.4. The number of hydrogen-bond acceptors (Lipinski definition) is 2. The Labute approximate surface area is 310 Å². The molecule has 1 saturated carbocycles. The van der Waals surface area contributed by atoms with E-state index in [0.717, 1.165) is 0 Å². The Morgan fingerprint density at radius 3 is 1.94 bits per heavy atom. The summed E-state index contributed by atoms with van der Waals surface area (Å²) >= 11 is 0. The lowest BCUT2D eigenvalue weighted by Gasteiger charge is -2.53. The number of hydrogen-bond donors (Lipinski definition) is 0. The molecule has 0 aromatic heterocycles. The van der Waals surface area contributed by atoms with Gasteiger partial charge in [-0.25, -0.2) is 0 Å². The molecule has 52 heavy (non-hydrogen) atoms. The molecule has 0 N–H and O–H groups in total. The fourth-order valence-corrected chi connectivity index (χ4v) is 10.4. The molecule has 1 aliphatic carbocycles. The zero-order chi connectivity index (χ0) is 35.6. The minimum atomic E-state index is -0.000297. The maximum Gasteiger partial charge on any atom is 0.333 e. The molecule has 6 aromatic carbocycles. The van der Waals surface area contributed by atoms with E-state index in [9.17, 15) is 0 Å². The highest BCUT2D eigenvalue weighted by molar-refractivity contribution is 6.93. The summed E-state index contributed by atoms with van der Waals surface area (Å²) in [5.74, 6) is 0. The van der Waals surface area contributed by atoms with Gasteiger partial charge in [0, 0.05) is 33.7 Å². The molecule has 3 aliphatic heterocycles. The highest BCUT2D eigenvalue weighted by Gasteiger charge is 2.62. The van der Waals surface area contributed by atoms with Crippen molar-refractivity contribution < 1.29 is 0 Å². The van der Waals surface area contributed by atoms with Crippen molar-refractivity contribution in [3.63, 3.8) is 0 Å². The van der Waals surface area contributed by atoms with Gasteiger partial charge in [0.2, 0.25) is 0 Å². The largest absolute Gasteiger partial charge is 0.376 e. The number of anilines is 4. The molecule has 3 heterocycles. The lowest BCUT2D eigenvalue weighted by Crippen LogP contribution is -2.64. The van der Waals surface area contributed by atoms with Crippen LogP contribution in [0.2, 0.25) is 0 Å². The van der Waals surface area contributed by atoms with E-state index in [1.165, 1.54) is 104 Å². The van der Waals surface area contributed by atoms with Gasteiger partial charge in [0.1, 0.15) is 0 Å². The first kappa shape index (κ1) is 31.7. The van der Waals surface area contributed by atoms with E-state index in [-0.39, 0.29) is 23.2 Å². The van der Waals surface area contributed by atoms with Crippen molar-refractivity contribution in [1.29, 1.82) is 0 Å². The Morgan fingerprint density at radius 2 is 1.25 bits per heavy atom. The van der Waals surface area contributed by atoms with Crippen LogP contribution in [0.5, 0.6) is 0 Å². The van der Waals surface area contributed by atoms with Crippen molar-refractivity contribution in [3.05, 3.63) is 144 Å². The average molecular weight is 675 g/mol. The summed E-state index contributed by atoms with van der Waals surface area (Å²) in [7, 11) is 0. The van der Waals surface area contributed by atoms with Crippen LogP contribution in [0, 0.1) is 6.92 Å². The highest BCUT2D eigenvalue weighted by atomic mass is 15.3. The quantitative estimate of drug-likeness (QED) is 0.172. The summed E-state index contributed by atoms with van der Waals surface area (Å²) in [5.41, 5.74) is 20.4. The molecule has 0 saturated heterocycles. The molecule has 10 rings (SSSR count). The molecule has 2 nitrogen and oxygen atoms in total. The van der Waals surface area contributed by atoms with Gasteiger partial charge in [-0.3, -0.25) is 0 Å². The van der Waals surface area contributed by atoms with Crippen LogP contribution in [-0.2, 0) is 10.8 Å². The summed E-state index contributed by atoms with van der Waals surface area (Å²) in [5, 5.41) is 0. The van der Waals surface area contributed by atoms with Crippen LogP contribution in [0.4, 0.5) is 22.7 Å². The van der Waals surface area contributed by atoms with E-state index < -0.39 is 0 Å². The molecule has 0 amide bonds. The zero-order valence-electron chi connectivity index (χ0n) is 31.4. The number of aryl methyl sites for hydroxylation is 1. The average Bonchev–Trinajstić information content (AvgIpc) is 3.37. The Bertz CT molecular complexity index is 2390. The van der Waals surface area contributed by atoms with Gasteiger partial charge in [-0.15, -0.1) is 0 Å². The predicted molar refractivity (Wildman–Crippen MR) is 223 cm³/mol. The monoisotopic (exact) mass is 674 g/mol.